The van der Waals surface area contributed by atoms with Crippen LogP contribution in [0, 0.1) is 22.6 Å². The molecule has 3 rings (SSSR count). The van der Waals surface area contributed by atoms with E-state index in [0.717, 1.165) is 0 Å². The number of nitrogens with zero attached hydrogens (tertiary/aromatic N) is 1. The second-order valence-electron chi connectivity index (χ2n) is 10.6. The molecule has 2 aromatic rings. The number of aliphatic hydroxyl groups excluding tert-OH is 2. The van der Waals surface area contributed by atoms with Crippen molar-refractivity contribution in [2.24, 2.45) is 5.41 Å². The van der Waals surface area contributed by atoms with Crippen LogP contribution in [0.4, 0.5) is 9.18 Å². The Bertz CT molecular complexity index is 1200. The molecule has 4 N–H and O–H groups in total. The zero-order chi connectivity index (χ0) is 28.3. The minimum atomic E-state index is -1.49. The number of amides is 1. The third kappa shape index (κ3) is 6.53. The lowest BCUT2D eigenvalue weighted by atomic mass is 9.64. The quantitative estimate of drug-likeness (QED) is 0.323. The highest BCUT2D eigenvalue weighted by Crippen LogP contribution is 2.53. The Balaban J connectivity index is 2.16. The van der Waals surface area contributed by atoms with Gasteiger partial charge < -0.3 is 20.3 Å². The molecule has 206 valence electrons. The van der Waals surface area contributed by atoms with E-state index in [1.165, 1.54) is 18.2 Å². The molecule has 38 heavy (non-hydrogen) atoms. The van der Waals surface area contributed by atoms with Crippen LogP contribution in [-0.2, 0) is 10.2 Å². The molecule has 0 spiro atoms. The number of hydrogen-bond donors (Lipinski definition) is 4. The van der Waals surface area contributed by atoms with E-state index < -0.39 is 48.2 Å². The zero-order valence-electron chi connectivity index (χ0n) is 21.3. The van der Waals surface area contributed by atoms with Gasteiger partial charge >= 0.3 is 6.09 Å². The molecule has 0 unspecified atom stereocenters. The van der Waals surface area contributed by atoms with Crippen molar-refractivity contribution in [1.29, 1.82) is 5.26 Å². The summed E-state index contributed by atoms with van der Waals surface area (Å²) in [6, 6.07) is 11.0. The van der Waals surface area contributed by atoms with Gasteiger partial charge in [0.1, 0.15) is 11.2 Å². The van der Waals surface area contributed by atoms with E-state index in [4.69, 9.17) is 44.6 Å². The fourth-order valence-electron chi connectivity index (χ4n) is 4.96. The first kappa shape index (κ1) is 30.4. The number of carbonyl (C=O) groups is 1. The van der Waals surface area contributed by atoms with Gasteiger partial charge in [0.05, 0.1) is 29.7 Å². The van der Waals surface area contributed by atoms with Crippen LogP contribution < -0.4 is 10.6 Å². The molecule has 7 nitrogen and oxygen atoms in total. The number of rotatable bonds is 8. The molecule has 1 heterocycles. The van der Waals surface area contributed by atoms with Crippen LogP contribution in [0.5, 0.6) is 0 Å². The van der Waals surface area contributed by atoms with Crippen molar-refractivity contribution in [2.45, 2.75) is 63.3 Å². The molecule has 1 saturated heterocycles. The maximum absolute atomic E-state index is 15.6. The van der Waals surface area contributed by atoms with E-state index in [0.29, 0.717) is 17.0 Å². The first-order valence-corrected chi connectivity index (χ1v) is 13.3. The van der Waals surface area contributed by atoms with Gasteiger partial charge in [0, 0.05) is 22.6 Å². The van der Waals surface area contributed by atoms with Crippen LogP contribution in [0.25, 0.3) is 0 Å². The molecule has 1 fully saturated rings. The Labute approximate surface area is 236 Å². The standard InChI is InChI=1S/C27H31Cl3FN3O4/c1-26(2,3)12-21-27(14-32,18-8-7-15(28)11-20(18)30)22(17-5-4-6-19(29)23(17)31)24(34-21)38-25(37)33-10-9-16(36)13-35/h4-8,11,16,21-22,24,34-36H,9-10,12-13H2,1-3H3,(H,33,37)/t16-,21-,22-,24+,27-/m0/s1. The van der Waals surface area contributed by atoms with Crippen molar-refractivity contribution in [2.75, 3.05) is 13.2 Å². The number of benzene rings is 2. The van der Waals surface area contributed by atoms with Gasteiger partial charge in [-0.15, -0.1) is 0 Å². The summed E-state index contributed by atoms with van der Waals surface area (Å²) in [5, 5.41) is 35.6. The molecule has 0 bridgehead atoms. The molecule has 0 radical (unpaired) electrons. The summed E-state index contributed by atoms with van der Waals surface area (Å²) in [6.45, 7) is 5.59. The van der Waals surface area contributed by atoms with Crippen LogP contribution in [0.15, 0.2) is 36.4 Å². The minimum absolute atomic E-state index is 0.0291. The van der Waals surface area contributed by atoms with E-state index >= 15 is 4.39 Å². The van der Waals surface area contributed by atoms with Crippen LogP contribution in [0.2, 0.25) is 15.1 Å². The van der Waals surface area contributed by atoms with E-state index in [9.17, 15) is 15.2 Å². The maximum Gasteiger partial charge on any atom is 0.408 e. The average Bonchev–Trinajstić information content (AvgIpc) is 3.12. The topological polar surface area (TPSA) is 115 Å². The first-order valence-electron chi connectivity index (χ1n) is 12.1. The lowest BCUT2D eigenvalue weighted by Crippen LogP contribution is -2.44. The van der Waals surface area contributed by atoms with Crippen LogP contribution in [0.3, 0.4) is 0 Å². The molecule has 1 aliphatic heterocycles. The first-order chi connectivity index (χ1) is 17.8. The summed E-state index contributed by atoms with van der Waals surface area (Å²) in [5.74, 6) is -1.78. The molecule has 1 amide bonds. The second kappa shape index (κ2) is 12.4. The summed E-state index contributed by atoms with van der Waals surface area (Å²) >= 11 is 19.0. The predicted molar refractivity (Wildman–Crippen MR) is 145 cm³/mol. The molecule has 1 aliphatic rings. The summed E-state index contributed by atoms with van der Waals surface area (Å²) in [6.07, 6.45) is -2.44. The number of aliphatic hydroxyl groups is 2. The monoisotopic (exact) mass is 585 g/mol. The van der Waals surface area contributed by atoms with Gasteiger partial charge in [-0.25, -0.2) is 9.18 Å². The van der Waals surface area contributed by atoms with Gasteiger partial charge in [0.25, 0.3) is 0 Å². The highest BCUT2D eigenvalue weighted by Gasteiger charge is 2.60. The van der Waals surface area contributed by atoms with Gasteiger partial charge in [-0.05, 0) is 47.6 Å². The molecule has 5 atom stereocenters. The molecule has 0 aliphatic carbocycles. The average molecular weight is 587 g/mol. The molecular weight excluding hydrogens is 556 g/mol. The number of hydrogen-bond acceptors (Lipinski definition) is 6. The third-order valence-electron chi connectivity index (χ3n) is 6.59. The molecule has 0 aromatic heterocycles. The lowest BCUT2D eigenvalue weighted by Gasteiger charge is -2.37. The number of halogens is 4. The van der Waals surface area contributed by atoms with Gasteiger partial charge in [0.2, 0.25) is 0 Å². The summed E-state index contributed by atoms with van der Waals surface area (Å²) in [4.78, 5) is 12.8. The van der Waals surface area contributed by atoms with Crippen molar-refractivity contribution in [3.63, 3.8) is 0 Å². The highest BCUT2D eigenvalue weighted by atomic mass is 35.5. The predicted octanol–water partition coefficient (Wildman–Crippen LogP) is 5.53. The van der Waals surface area contributed by atoms with Crippen LogP contribution >= 0.6 is 34.8 Å². The minimum Gasteiger partial charge on any atom is -0.430 e. The van der Waals surface area contributed by atoms with Crippen molar-refractivity contribution in [3.8, 4) is 6.07 Å². The van der Waals surface area contributed by atoms with Gasteiger partial charge in [0.15, 0.2) is 6.23 Å². The summed E-state index contributed by atoms with van der Waals surface area (Å²) < 4.78 is 21.3. The highest BCUT2D eigenvalue weighted by molar-refractivity contribution is 6.35. The maximum atomic E-state index is 15.6. The van der Waals surface area contributed by atoms with Crippen LogP contribution in [-0.4, -0.2) is 47.8 Å². The lowest BCUT2D eigenvalue weighted by molar-refractivity contribution is 0.0685. The Morgan fingerprint density at radius 2 is 1.97 bits per heavy atom. The normalized spacial score (nSPS) is 24.1. The SMILES string of the molecule is CC(C)(C)C[C@@H]1N[C@H](OC(=O)NCC[C@H](O)CO)[C@H](c2cccc(Cl)c2F)[C@@]1(C#N)c1ccc(Cl)cc1Cl. The van der Waals surface area contributed by atoms with Gasteiger partial charge in [-0.2, -0.15) is 5.26 Å². The van der Waals surface area contributed by atoms with E-state index in [1.54, 1.807) is 18.2 Å². The Hall–Kier alpha value is -2.12. The fraction of sp³-hybridized carbons (Fsp3) is 0.481. The number of nitriles is 1. The smallest absolute Gasteiger partial charge is 0.408 e. The fourth-order valence-corrected chi connectivity index (χ4v) is 5.71. The van der Waals surface area contributed by atoms with Crippen molar-refractivity contribution in [1.82, 2.24) is 10.6 Å². The molecule has 11 heteroatoms. The second-order valence-corrected chi connectivity index (χ2v) is 11.8. The van der Waals surface area contributed by atoms with E-state index in [2.05, 4.69) is 16.7 Å². The summed E-state index contributed by atoms with van der Waals surface area (Å²) in [5.41, 5.74) is -1.27. The van der Waals surface area contributed by atoms with Gasteiger partial charge in [-0.1, -0.05) is 73.8 Å². The van der Waals surface area contributed by atoms with E-state index in [-0.39, 0.29) is 34.0 Å². The number of alkyl carbamates (subject to hydrolysis) is 1. The van der Waals surface area contributed by atoms with Crippen molar-refractivity contribution < 1.29 is 24.1 Å². The number of ether oxygens (including phenoxy) is 1. The Kier molecular flexibility index (Phi) is 9.91. The largest absolute Gasteiger partial charge is 0.430 e. The molecular formula is C27H31Cl3FN3O4. The van der Waals surface area contributed by atoms with Crippen molar-refractivity contribution >= 4 is 40.9 Å². The molecule has 2 aromatic carbocycles. The van der Waals surface area contributed by atoms with E-state index in [1.807, 2.05) is 20.8 Å². The number of carbonyl (C=O) groups excluding carboxylic acids is 1. The Morgan fingerprint density at radius 3 is 2.58 bits per heavy atom. The third-order valence-corrected chi connectivity index (χ3v) is 7.43. The Morgan fingerprint density at radius 1 is 1.26 bits per heavy atom. The van der Waals surface area contributed by atoms with Crippen molar-refractivity contribution in [3.05, 3.63) is 68.4 Å². The summed E-state index contributed by atoms with van der Waals surface area (Å²) in [7, 11) is 0. The van der Waals surface area contributed by atoms with Crippen LogP contribution in [0.1, 0.15) is 50.7 Å². The zero-order valence-corrected chi connectivity index (χ0v) is 23.5. The van der Waals surface area contributed by atoms with Gasteiger partial charge in [-0.3, -0.25) is 5.32 Å². The number of nitrogens with one attached hydrogen (secondary N) is 2. The molecule has 0 saturated carbocycles.